The van der Waals surface area contributed by atoms with Crippen LogP contribution < -0.4 is 4.90 Å². The predicted octanol–water partition coefficient (Wildman–Crippen LogP) is 10.6. The smallest absolute Gasteiger partial charge is 0.0640 e. The molecule has 1 unspecified atom stereocenters. The minimum atomic E-state index is 0.0133. The van der Waals surface area contributed by atoms with Crippen LogP contribution in [0.5, 0.6) is 0 Å². The quantitative estimate of drug-likeness (QED) is 0.225. The summed E-state index contributed by atoms with van der Waals surface area (Å²) in [7, 11) is 0. The summed E-state index contributed by atoms with van der Waals surface area (Å²) in [5.41, 5.74) is 8.22. The lowest BCUT2D eigenvalue weighted by atomic mass is 9.78. The first-order valence-electron chi connectivity index (χ1n) is 13.8. The van der Waals surface area contributed by atoms with Gasteiger partial charge in [-0.25, -0.2) is 0 Å². The van der Waals surface area contributed by atoms with Gasteiger partial charge in [-0.15, -0.1) is 11.3 Å². The fourth-order valence-corrected chi connectivity index (χ4v) is 8.13. The minimum Gasteiger partial charge on any atom is -0.309 e. The molecule has 188 valence electrons. The number of allylic oxidation sites excluding steroid dienone is 3. The van der Waals surface area contributed by atoms with Crippen molar-refractivity contribution in [2.45, 2.75) is 31.6 Å². The zero-order valence-corrected chi connectivity index (χ0v) is 23.0. The summed E-state index contributed by atoms with van der Waals surface area (Å²) >= 11 is 1.90. The number of rotatable bonds is 3. The normalized spacial score (nSPS) is 17.6. The minimum absolute atomic E-state index is 0.0133. The zero-order chi connectivity index (χ0) is 26.1. The maximum absolute atomic E-state index is 2.51. The molecule has 8 rings (SSSR count). The van der Waals surface area contributed by atoms with Crippen molar-refractivity contribution in [2.24, 2.45) is 0 Å². The number of anilines is 2. The standard InChI is InChI=1S/C37H29NS/c1-37(2)32-15-7-5-12-28(32)29-21-20-27(23-33(29)37)38(26-19-18-24-10-3-4-11-25(24)22-26)34-16-9-14-31-30-13-6-8-17-35(30)39-36(31)34/h3-20,22-23,29H,21H2,1-2H3. The third kappa shape index (κ3) is 3.38. The Morgan fingerprint density at radius 2 is 1.51 bits per heavy atom. The van der Waals surface area contributed by atoms with Crippen molar-refractivity contribution in [3.8, 4) is 0 Å². The third-order valence-electron chi connectivity index (χ3n) is 8.85. The van der Waals surface area contributed by atoms with E-state index in [4.69, 9.17) is 0 Å². The van der Waals surface area contributed by atoms with E-state index in [9.17, 15) is 0 Å². The summed E-state index contributed by atoms with van der Waals surface area (Å²) in [5, 5.41) is 5.19. The van der Waals surface area contributed by atoms with Crippen molar-refractivity contribution >= 4 is 53.7 Å². The van der Waals surface area contributed by atoms with Gasteiger partial charge in [0.05, 0.1) is 10.4 Å². The average Bonchev–Trinajstić information content (AvgIpc) is 3.47. The third-order valence-corrected chi connectivity index (χ3v) is 10.1. The van der Waals surface area contributed by atoms with Gasteiger partial charge in [-0.1, -0.05) is 110 Å². The molecule has 1 aromatic heterocycles. The summed E-state index contributed by atoms with van der Waals surface area (Å²) in [6.07, 6.45) is 5.98. The second kappa shape index (κ2) is 8.43. The number of hydrogen-bond donors (Lipinski definition) is 0. The van der Waals surface area contributed by atoms with Crippen LogP contribution in [0.25, 0.3) is 30.9 Å². The predicted molar refractivity (Wildman–Crippen MR) is 168 cm³/mol. The Morgan fingerprint density at radius 3 is 2.44 bits per heavy atom. The zero-order valence-electron chi connectivity index (χ0n) is 22.2. The molecular weight excluding hydrogens is 490 g/mol. The van der Waals surface area contributed by atoms with Crippen LogP contribution in [-0.2, 0) is 5.41 Å². The van der Waals surface area contributed by atoms with Crippen LogP contribution in [-0.4, -0.2) is 0 Å². The molecule has 1 atom stereocenters. The Kier molecular flexibility index (Phi) is 4.93. The van der Waals surface area contributed by atoms with E-state index in [1.54, 1.807) is 0 Å². The van der Waals surface area contributed by atoms with Crippen LogP contribution in [0.1, 0.15) is 37.3 Å². The van der Waals surface area contributed by atoms with Crippen LogP contribution in [0.3, 0.4) is 0 Å². The first kappa shape index (κ1) is 22.8. The molecule has 0 radical (unpaired) electrons. The summed E-state index contributed by atoms with van der Waals surface area (Å²) in [4.78, 5) is 2.51. The fraction of sp³-hybridized carbons (Fsp3) is 0.135. The first-order chi connectivity index (χ1) is 19.1. The van der Waals surface area contributed by atoms with Crippen molar-refractivity contribution in [1.29, 1.82) is 0 Å². The second-order valence-electron chi connectivity index (χ2n) is 11.3. The molecular formula is C37H29NS. The Morgan fingerprint density at radius 1 is 0.744 bits per heavy atom. The van der Waals surface area contributed by atoms with Crippen molar-refractivity contribution in [1.82, 2.24) is 0 Å². The topological polar surface area (TPSA) is 3.24 Å². The molecule has 2 aliphatic carbocycles. The van der Waals surface area contributed by atoms with Gasteiger partial charge in [0, 0.05) is 38.2 Å². The van der Waals surface area contributed by atoms with Crippen LogP contribution >= 0.6 is 11.3 Å². The molecule has 1 nitrogen and oxygen atoms in total. The SMILES string of the molecule is CC1(C)C2=CC(N(c3ccc4ccccc4c3)c3cccc4c3sc3ccccc34)=CCC2c2ccccc21. The second-order valence-corrected chi connectivity index (χ2v) is 12.4. The lowest BCUT2D eigenvalue weighted by Crippen LogP contribution is -2.22. The number of benzene rings is 5. The Bertz CT molecular complexity index is 1990. The van der Waals surface area contributed by atoms with Gasteiger partial charge in [0.2, 0.25) is 0 Å². The molecule has 0 N–H and O–H groups in total. The van der Waals surface area contributed by atoms with Crippen LogP contribution in [0.2, 0.25) is 0 Å². The highest BCUT2D eigenvalue weighted by Gasteiger charge is 2.42. The van der Waals surface area contributed by atoms with E-state index >= 15 is 0 Å². The molecule has 6 aromatic rings. The van der Waals surface area contributed by atoms with Gasteiger partial charge in [0.15, 0.2) is 0 Å². The van der Waals surface area contributed by atoms with E-state index in [1.165, 1.54) is 64.7 Å². The van der Waals surface area contributed by atoms with Gasteiger partial charge in [-0.05, 0) is 58.7 Å². The highest BCUT2D eigenvalue weighted by Crippen LogP contribution is 2.54. The van der Waals surface area contributed by atoms with Gasteiger partial charge in [0.1, 0.15) is 0 Å². The van der Waals surface area contributed by atoms with Gasteiger partial charge >= 0.3 is 0 Å². The van der Waals surface area contributed by atoms with E-state index in [1.807, 2.05) is 11.3 Å². The first-order valence-corrected chi connectivity index (χ1v) is 14.6. The Labute approximate surface area is 233 Å². The van der Waals surface area contributed by atoms with Crippen LogP contribution in [0, 0.1) is 0 Å². The molecule has 0 fully saturated rings. The molecule has 5 aromatic carbocycles. The van der Waals surface area contributed by atoms with E-state index < -0.39 is 0 Å². The van der Waals surface area contributed by atoms with E-state index in [0.29, 0.717) is 5.92 Å². The maximum atomic E-state index is 2.51. The molecule has 0 saturated heterocycles. The highest BCUT2D eigenvalue weighted by atomic mass is 32.1. The highest BCUT2D eigenvalue weighted by molar-refractivity contribution is 7.26. The van der Waals surface area contributed by atoms with E-state index in [-0.39, 0.29) is 5.41 Å². The van der Waals surface area contributed by atoms with Gasteiger partial charge in [0.25, 0.3) is 0 Å². The molecule has 0 bridgehead atoms. The number of fused-ring (bicyclic) bond motifs is 7. The van der Waals surface area contributed by atoms with Crippen LogP contribution in [0.4, 0.5) is 11.4 Å². The molecule has 1 heterocycles. The molecule has 2 heteroatoms. The average molecular weight is 520 g/mol. The lowest BCUT2D eigenvalue weighted by molar-refractivity contribution is 0.609. The van der Waals surface area contributed by atoms with Crippen molar-refractivity contribution in [3.63, 3.8) is 0 Å². The van der Waals surface area contributed by atoms with Crippen molar-refractivity contribution in [2.75, 3.05) is 4.90 Å². The summed E-state index contributed by atoms with van der Waals surface area (Å²) in [6.45, 7) is 4.79. The maximum Gasteiger partial charge on any atom is 0.0640 e. The molecule has 0 saturated carbocycles. The van der Waals surface area contributed by atoms with Crippen molar-refractivity contribution < 1.29 is 0 Å². The summed E-state index contributed by atoms with van der Waals surface area (Å²) < 4.78 is 2.67. The van der Waals surface area contributed by atoms with Gasteiger partial charge in [-0.2, -0.15) is 0 Å². The number of thiophene rings is 1. The van der Waals surface area contributed by atoms with E-state index in [0.717, 1.165) is 6.42 Å². The van der Waals surface area contributed by atoms with Crippen LogP contribution in [0.15, 0.2) is 133 Å². The Hall–Kier alpha value is -4.14. The van der Waals surface area contributed by atoms with E-state index in [2.05, 4.69) is 140 Å². The lowest BCUT2D eigenvalue weighted by Gasteiger charge is -2.33. The molecule has 0 aliphatic heterocycles. The molecule has 2 aliphatic rings. The van der Waals surface area contributed by atoms with Gasteiger partial charge in [-0.3, -0.25) is 0 Å². The Balaban J connectivity index is 1.36. The summed E-state index contributed by atoms with van der Waals surface area (Å²) in [5.74, 6) is 0.457. The fourth-order valence-electron chi connectivity index (χ4n) is 6.93. The number of hydrogen-bond acceptors (Lipinski definition) is 2. The number of nitrogens with zero attached hydrogens (tertiary/aromatic N) is 1. The largest absolute Gasteiger partial charge is 0.309 e. The molecule has 39 heavy (non-hydrogen) atoms. The van der Waals surface area contributed by atoms with Crippen molar-refractivity contribution in [3.05, 3.63) is 144 Å². The molecule has 0 amide bonds. The monoisotopic (exact) mass is 519 g/mol. The molecule has 0 spiro atoms. The summed E-state index contributed by atoms with van der Waals surface area (Å²) in [6, 6.07) is 40.2. The van der Waals surface area contributed by atoms with Gasteiger partial charge < -0.3 is 4.90 Å².